The van der Waals surface area contributed by atoms with Crippen LogP contribution in [0.15, 0.2) is 24.3 Å². The van der Waals surface area contributed by atoms with Crippen LogP contribution in [-0.4, -0.2) is 62.9 Å². The molecule has 7 nitrogen and oxygen atoms in total. The van der Waals surface area contributed by atoms with Gasteiger partial charge in [0.25, 0.3) is 17.7 Å². The molecule has 0 bridgehead atoms. The molecule has 0 aliphatic heterocycles. The predicted octanol–water partition coefficient (Wildman–Crippen LogP) is -0.634. The summed E-state index contributed by atoms with van der Waals surface area (Å²) in [5.41, 5.74) is 1.18. The highest BCUT2D eigenvalue weighted by Crippen LogP contribution is 2.10. The molecule has 0 aliphatic carbocycles. The minimum atomic E-state index is -0.184. The number of nitrogens with zero attached hydrogens (tertiary/aromatic N) is 1. The Morgan fingerprint density at radius 1 is 1.04 bits per heavy atom. The zero-order chi connectivity index (χ0) is 18.3. The normalized spacial score (nSPS) is 11.8. The largest absolute Gasteiger partial charge is 0.349 e. The lowest BCUT2D eigenvalue weighted by Crippen LogP contribution is -3.11. The molecule has 1 atom stereocenters. The lowest BCUT2D eigenvalue weighted by molar-refractivity contribution is -0.862. The Labute approximate surface area is 143 Å². The van der Waals surface area contributed by atoms with E-state index in [9.17, 15) is 14.4 Å². The first kappa shape index (κ1) is 19.6. The summed E-state index contributed by atoms with van der Waals surface area (Å²) in [7, 11) is 5.16. The molecule has 1 rings (SSSR count). The van der Waals surface area contributed by atoms with Crippen molar-refractivity contribution in [3.05, 3.63) is 29.8 Å². The first-order valence-electron chi connectivity index (χ1n) is 7.91. The molecule has 3 amide bonds. The highest BCUT2D eigenvalue weighted by atomic mass is 16.2. The molecule has 132 valence electrons. The van der Waals surface area contributed by atoms with Crippen molar-refractivity contribution in [2.24, 2.45) is 0 Å². The van der Waals surface area contributed by atoms with Crippen LogP contribution in [0.3, 0.4) is 0 Å². The molecular weight excluding hydrogens is 308 g/mol. The highest BCUT2D eigenvalue weighted by molar-refractivity contribution is 5.95. The number of quaternary nitrogens is 1. The number of hydrogen-bond donors (Lipinski definition) is 3. The number of likely N-dealkylation sites (N-methyl/N-ethyl adjacent to an activating group) is 1. The molecule has 3 N–H and O–H groups in total. The second kappa shape index (κ2) is 9.02. The van der Waals surface area contributed by atoms with Crippen molar-refractivity contribution in [3.63, 3.8) is 0 Å². The van der Waals surface area contributed by atoms with E-state index in [-0.39, 0.29) is 36.9 Å². The van der Waals surface area contributed by atoms with Gasteiger partial charge in [0.05, 0.1) is 7.05 Å². The molecule has 0 spiro atoms. The number of hydrogen-bond acceptors (Lipinski definition) is 3. The maximum atomic E-state index is 12.0. The first-order chi connectivity index (χ1) is 11.2. The van der Waals surface area contributed by atoms with Gasteiger partial charge < -0.3 is 20.4 Å². The van der Waals surface area contributed by atoms with E-state index in [0.717, 1.165) is 4.90 Å². The summed E-state index contributed by atoms with van der Waals surface area (Å²) in [6, 6.07) is 6.81. The lowest BCUT2D eigenvalue weighted by atomic mass is 10.2. The van der Waals surface area contributed by atoms with Crippen LogP contribution in [0.25, 0.3) is 0 Å². The maximum Gasteiger partial charge on any atom is 0.279 e. The van der Waals surface area contributed by atoms with Gasteiger partial charge >= 0.3 is 0 Å². The maximum absolute atomic E-state index is 12.0. The van der Waals surface area contributed by atoms with Crippen LogP contribution >= 0.6 is 0 Å². The van der Waals surface area contributed by atoms with Crippen LogP contribution in [0.1, 0.15) is 24.2 Å². The van der Waals surface area contributed by atoms with Crippen molar-refractivity contribution in [1.82, 2.24) is 10.2 Å². The minimum Gasteiger partial charge on any atom is -0.349 e. The summed E-state index contributed by atoms with van der Waals surface area (Å²) in [4.78, 5) is 37.8. The van der Waals surface area contributed by atoms with E-state index in [4.69, 9.17) is 0 Å². The van der Waals surface area contributed by atoms with Crippen LogP contribution in [0.5, 0.6) is 0 Å². The fourth-order valence-electron chi connectivity index (χ4n) is 2.14. The molecule has 7 heteroatoms. The van der Waals surface area contributed by atoms with Crippen LogP contribution in [0, 0.1) is 0 Å². The topological polar surface area (TPSA) is 83.0 Å². The third kappa shape index (κ3) is 6.78. The molecule has 0 radical (unpaired) electrons. The molecule has 0 saturated carbocycles. The molecular formula is C17H27N4O3+. The van der Waals surface area contributed by atoms with Gasteiger partial charge in [-0.1, -0.05) is 0 Å². The third-order valence-electron chi connectivity index (χ3n) is 3.20. The number of carbonyl (C=O) groups excluding carboxylic acids is 3. The van der Waals surface area contributed by atoms with E-state index in [0.29, 0.717) is 11.3 Å². The number of rotatable bonds is 7. The monoisotopic (exact) mass is 335 g/mol. The first-order valence-corrected chi connectivity index (χ1v) is 7.91. The Balaban J connectivity index is 2.50. The molecule has 0 aliphatic rings. The summed E-state index contributed by atoms with van der Waals surface area (Å²) < 4.78 is 0. The van der Waals surface area contributed by atoms with E-state index in [2.05, 4.69) is 10.6 Å². The number of amides is 3. The molecule has 1 aromatic rings. The van der Waals surface area contributed by atoms with Crippen molar-refractivity contribution in [2.45, 2.75) is 19.9 Å². The van der Waals surface area contributed by atoms with Crippen molar-refractivity contribution in [2.75, 3.05) is 39.5 Å². The average Bonchev–Trinajstić information content (AvgIpc) is 2.45. The Hall–Kier alpha value is -2.41. The van der Waals surface area contributed by atoms with Gasteiger partial charge in [-0.2, -0.15) is 0 Å². The van der Waals surface area contributed by atoms with Gasteiger partial charge in [0, 0.05) is 31.4 Å². The predicted molar refractivity (Wildman–Crippen MR) is 93.0 cm³/mol. The van der Waals surface area contributed by atoms with Crippen molar-refractivity contribution in [3.8, 4) is 0 Å². The minimum absolute atomic E-state index is 0.0816. The zero-order valence-corrected chi connectivity index (χ0v) is 15.0. The standard InChI is InChI=1S/C17H26N4O3/c1-12(2)18-15(22)10-21(5)11-16(23)19-14-8-6-13(7-9-14)17(24)20(3)4/h6-9,12H,10-11H2,1-5H3,(H,18,22)(H,19,23)/p+1. The van der Waals surface area contributed by atoms with Crippen LogP contribution < -0.4 is 15.5 Å². The molecule has 24 heavy (non-hydrogen) atoms. The molecule has 1 aromatic carbocycles. The van der Waals surface area contributed by atoms with Gasteiger partial charge in [0.1, 0.15) is 0 Å². The summed E-state index contributed by atoms with van der Waals surface area (Å²) in [6.45, 7) is 4.21. The number of nitrogens with one attached hydrogen (secondary N) is 3. The molecule has 0 heterocycles. The van der Waals surface area contributed by atoms with Crippen LogP contribution in [0.2, 0.25) is 0 Å². The lowest BCUT2D eigenvalue weighted by Gasteiger charge is -2.15. The van der Waals surface area contributed by atoms with E-state index in [1.54, 1.807) is 45.4 Å². The summed E-state index contributed by atoms with van der Waals surface area (Å²) in [6.07, 6.45) is 0. The van der Waals surface area contributed by atoms with Gasteiger partial charge in [-0.25, -0.2) is 0 Å². The SMILES string of the molecule is CC(C)NC(=O)C[NH+](C)CC(=O)Nc1ccc(C(=O)N(C)C)cc1. The molecule has 1 unspecified atom stereocenters. The van der Waals surface area contributed by atoms with E-state index in [1.807, 2.05) is 13.8 Å². The molecule has 0 aromatic heterocycles. The van der Waals surface area contributed by atoms with Crippen molar-refractivity contribution in [1.29, 1.82) is 0 Å². The average molecular weight is 335 g/mol. The van der Waals surface area contributed by atoms with E-state index >= 15 is 0 Å². The van der Waals surface area contributed by atoms with Crippen molar-refractivity contribution >= 4 is 23.4 Å². The zero-order valence-electron chi connectivity index (χ0n) is 15.0. The summed E-state index contributed by atoms with van der Waals surface area (Å²) in [5.74, 6) is -0.355. The van der Waals surface area contributed by atoms with Crippen LogP contribution in [0.4, 0.5) is 5.69 Å². The highest BCUT2D eigenvalue weighted by Gasteiger charge is 2.15. The van der Waals surface area contributed by atoms with E-state index < -0.39 is 0 Å². The Bertz CT molecular complexity index is 582. The number of benzene rings is 1. The van der Waals surface area contributed by atoms with Gasteiger partial charge in [-0.15, -0.1) is 0 Å². The molecule has 0 fully saturated rings. The fraction of sp³-hybridized carbons (Fsp3) is 0.471. The van der Waals surface area contributed by atoms with Crippen molar-refractivity contribution < 1.29 is 19.3 Å². The van der Waals surface area contributed by atoms with E-state index in [1.165, 1.54) is 4.90 Å². The molecule has 0 saturated heterocycles. The Morgan fingerprint density at radius 3 is 2.08 bits per heavy atom. The fourth-order valence-corrected chi connectivity index (χ4v) is 2.14. The second-order valence-corrected chi connectivity index (χ2v) is 6.36. The second-order valence-electron chi connectivity index (χ2n) is 6.36. The Kier molecular flexibility index (Phi) is 7.38. The van der Waals surface area contributed by atoms with Gasteiger partial charge in [-0.3, -0.25) is 14.4 Å². The van der Waals surface area contributed by atoms with Gasteiger partial charge in [-0.05, 0) is 38.1 Å². The van der Waals surface area contributed by atoms with Gasteiger partial charge in [0.2, 0.25) is 0 Å². The van der Waals surface area contributed by atoms with Crippen LogP contribution in [-0.2, 0) is 9.59 Å². The number of carbonyl (C=O) groups is 3. The summed E-state index contributed by atoms with van der Waals surface area (Å²) >= 11 is 0. The Morgan fingerprint density at radius 2 is 1.58 bits per heavy atom. The quantitative estimate of drug-likeness (QED) is 0.620. The third-order valence-corrected chi connectivity index (χ3v) is 3.20. The van der Waals surface area contributed by atoms with Gasteiger partial charge in [0.15, 0.2) is 13.1 Å². The smallest absolute Gasteiger partial charge is 0.279 e. The summed E-state index contributed by atoms with van der Waals surface area (Å²) in [5, 5.41) is 5.56. The number of anilines is 1.